The van der Waals surface area contributed by atoms with Crippen molar-refractivity contribution in [2.45, 2.75) is 12.5 Å². The van der Waals surface area contributed by atoms with Crippen molar-refractivity contribution in [1.82, 2.24) is 0 Å². The topological polar surface area (TPSA) is 104 Å². The quantitative estimate of drug-likeness (QED) is 0.155. The number of hydrogen-bond donors (Lipinski definition) is 1. The molecule has 1 aliphatic heterocycles. The molecule has 1 aliphatic rings. The fraction of sp³-hybridized carbons (Fsp3) is 0.0857. The van der Waals surface area contributed by atoms with Crippen molar-refractivity contribution in [3.8, 4) is 29.1 Å². The highest BCUT2D eigenvalue weighted by molar-refractivity contribution is 6.30. The summed E-state index contributed by atoms with van der Waals surface area (Å²) < 4.78 is 23.2. The van der Waals surface area contributed by atoms with Crippen LogP contribution in [-0.2, 0) is 6.61 Å². The van der Waals surface area contributed by atoms with Crippen LogP contribution in [-0.4, -0.2) is 13.1 Å². The summed E-state index contributed by atoms with van der Waals surface area (Å²) in [6.07, 6.45) is 0. The molecule has 0 saturated heterocycles. The van der Waals surface area contributed by atoms with E-state index >= 15 is 0 Å². The SMILES string of the molecule is COc1cc(C2C(C#N)=C(N)Oc3cc(OC(=O)c4cccc5ccccc45)ccc32)ccc1OCc1ccc(Cl)cc1. The molecule has 7 nitrogen and oxygen atoms in total. The van der Waals surface area contributed by atoms with Crippen LogP contribution < -0.4 is 24.7 Å². The summed E-state index contributed by atoms with van der Waals surface area (Å²) in [6.45, 7) is 0.323. The van der Waals surface area contributed by atoms with E-state index in [1.807, 2.05) is 60.7 Å². The van der Waals surface area contributed by atoms with Gasteiger partial charge in [0, 0.05) is 16.7 Å². The molecule has 0 aromatic heterocycles. The second-order valence-electron chi connectivity index (χ2n) is 9.87. The van der Waals surface area contributed by atoms with Crippen molar-refractivity contribution in [1.29, 1.82) is 5.26 Å². The minimum atomic E-state index is -0.546. The molecule has 1 atom stereocenters. The summed E-state index contributed by atoms with van der Waals surface area (Å²) in [5.41, 5.74) is 9.32. The summed E-state index contributed by atoms with van der Waals surface area (Å²) in [4.78, 5) is 13.1. The summed E-state index contributed by atoms with van der Waals surface area (Å²) in [5.74, 6) is 0.633. The maximum atomic E-state index is 13.1. The van der Waals surface area contributed by atoms with Gasteiger partial charge in [0.1, 0.15) is 29.7 Å². The molecule has 212 valence electrons. The third-order valence-electron chi connectivity index (χ3n) is 7.24. The number of allylic oxidation sites excluding steroid dienone is 1. The standard InChI is InChI=1S/C35H25ClN2O5/c1-40-32-17-23(11-16-30(32)41-20-21-9-12-24(36)13-10-21)33-28-15-14-25(18-31(28)43-34(38)29(33)19-37)42-35(39)27-8-4-6-22-5-2-3-7-26(22)27/h2-18,33H,20,38H2,1H3. The summed E-state index contributed by atoms with van der Waals surface area (Å²) in [7, 11) is 1.55. The molecule has 1 heterocycles. The number of halogens is 1. The molecule has 0 spiro atoms. The predicted molar refractivity (Wildman–Crippen MR) is 163 cm³/mol. The van der Waals surface area contributed by atoms with E-state index in [1.165, 1.54) is 0 Å². The number of carbonyl (C=O) groups excluding carboxylic acids is 1. The number of esters is 1. The molecule has 8 heteroatoms. The number of carbonyl (C=O) groups is 1. The van der Waals surface area contributed by atoms with E-state index in [0.717, 1.165) is 21.9 Å². The van der Waals surface area contributed by atoms with Crippen LogP contribution in [0.25, 0.3) is 10.8 Å². The highest BCUT2D eigenvalue weighted by Gasteiger charge is 2.32. The minimum absolute atomic E-state index is 0.0282. The van der Waals surface area contributed by atoms with Crippen LogP contribution in [0.4, 0.5) is 0 Å². The molecule has 0 fully saturated rings. The lowest BCUT2D eigenvalue weighted by atomic mass is 9.83. The van der Waals surface area contributed by atoms with Gasteiger partial charge in [0.2, 0.25) is 5.88 Å². The number of methoxy groups -OCH3 is 1. The molecule has 5 aromatic carbocycles. The van der Waals surface area contributed by atoms with Crippen LogP contribution in [0, 0.1) is 11.3 Å². The third kappa shape index (κ3) is 5.56. The second kappa shape index (κ2) is 11.8. The molecule has 6 rings (SSSR count). The van der Waals surface area contributed by atoms with Gasteiger partial charge in [-0.05, 0) is 58.3 Å². The zero-order valence-electron chi connectivity index (χ0n) is 23.0. The van der Waals surface area contributed by atoms with Gasteiger partial charge in [-0.2, -0.15) is 5.26 Å². The van der Waals surface area contributed by atoms with Gasteiger partial charge in [-0.15, -0.1) is 0 Å². The van der Waals surface area contributed by atoms with Crippen LogP contribution in [0.2, 0.25) is 5.02 Å². The van der Waals surface area contributed by atoms with Crippen LogP contribution in [0.3, 0.4) is 0 Å². The average molecular weight is 589 g/mol. The number of nitriles is 1. The first-order chi connectivity index (χ1) is 20.9. The van der Waals surface area contributed by atoms with Gasteiger partial charge in [0.25, 0.3) is 0 Å². The highest BCUT2D eigenvalue weighted by Crippen LogP contribution is 2.45. The molecule has 5 aromatic rings. The monoisotopic (exact) mass is 588 g/mol. The number of rotatable bonds is 7. The van der Waals surface area contributed by atoms with E-state index in [9.17, 15) is 10.1 Å². The molecular formula is C35H25ClN2O5. The molecule has 0 saturated carbocycles. The Hall–Kier alpha value is -5.45. The van der Waals surface area contributed by atoms with Gasteiger partial charge < -0.3 is 24.7 Å². The fourth-order valence-electron chi connectivity index (χ4n) is 5.13. The fourth-order valence-corrected chi connectivity index (χ4v) is 5.26. The first kappa shape index (κ1) is 27.7. The number of benzene rings is 5. The van der Waals surface area contributed by atoms with E-state index in [-0.39, 0.29) is 17.2 Å². The molecule has 43 heavy (non-hydrogen) atoms. The Kier molecular flexibility index (Phi) is 7.61. The van der Waals surface area contributed by atoms with Crippen molar-refractivity contribution in [3.63, 3.8) is 0 Å². The summed E-state index contributed by atoms with van der Waals surface area (Å²) >= 11 is 5.99. The molecule has 1 unspecified atom stereocenters. The Bertz CT molecular complexity index is 1920. The maximum absolute atomic E-state index is 13.1. The van der Waals surface area contributed by atoms with Crippen LogP contribution in [0.1, 0.15) is 33.0 Å². The smallest absolute Gasteiger partial charge is 0.344 e. The Balaban J connectivity index is 1.29. The zero-order chi connectivity index (χ0) is 29.9. The van der Waals surface area contributed by atoms with Crippen molar-refractivity contribution in [2.24, 2.45) is 5.73 Å². The molecule has 2 N–H and O–H groups in total. The van der Waals surface area contributed by atoms with E-state index < -0.39 is 11.9 Å². The molecular weight excluding hydrogens is 564 g/mol. The molecule has 0 radical (unpaired) electrons. The predicted octanol–water partition coefficient (Wildman–Crippen LogP) is 7.52. The number of hydrogen-bond acceptors (Lipinski definition) is 7. The Morgan fingerprint density at radius 1 is 0.953 bits per heavy atom. The Labute approximate surface area is 253 Å². The normalized spacial score (nSPS) is 13.9. The summed E-state index contributed by atoms with van der Waals surface area (Å²) in [6, 6.07) is 33.2. The second-order valence-corrected chi connectivity index (χ2v) is 10.3. The van der Waals surface area contributed by atoms with Gasteiger partial charge in [0.05, 0.1) is 18.6 Å². The molecule has 0 aliphatic carbocycles. The van der Waals surface area contributed by atoms with Crippen LogP contribution in [0.15, 0.2) is 115 Å². The minimum Gasteiger partial charge on any atom is -0.493 e. The number of ether oxygens (including phenoxy) is 4. The van der Waals surface area contributed by atoms with Gasteiger partial charge >= 0.3 is 5.97 Å². The van der Waals surface area contributed by atoms with Gasteiger partial charge in [0.15, 0.2) is 11.5 Å². The number of fused-ring (bicyclic) bond motifs is 2. The van der Waals surface area contributed by atoms with Gasteiger partial charge in [-0.3, -0.25) is 0 Å². The van der Waals surface area contributed by atoms with Crippen molar-refractivity contribution in [3.05, 3.63) is 142 Å². The van der Waals surface area contributed by atoms with Crippen LogP contribution >= 0.6 is 11.6 Å². The van der Waals surface area contributed by atoms with Crippen LogP contribution in [0.5, 0.6) is 23.0 Å². The third-order valence-corrected chi connectivity index (χ3v) is 7.49. The zero-order valence-corrected chi connectivity index (χ0v) is 23.8. The lowest BCUT2D eigenvalue weighted by molar-refractivity contribution is 0.0736. The Morgan fingerprint density at radius 2 is 1.74 bits per heavy atom. The number of nitrogens with zero attached hydrogens (tertiary/aromatic N) is 1. The van der Waals surface area contributed by atoms with E-state index in [0.29, 0.717) is 40.0 Å². The molecule has 0 bridgehead atoms. The average Bonchev–Trinajstić information content (AvgIpc) is 3.03. The largest absolute Gasteiger partial charge is 0.493 e. The first-order valence-corrected chi connectivity index (χ1v) is 13.8. The Morgan fingerprint density at radius 3 is 2.53 bits per heavy atom. The summed E-state index contributed by atoms with van der Waals surface area (Å²) in [5, 5.41) is 12.4. The van der Waals surface area contributed by atoms with Crippen molar-refractivity contribution in [2.75, 3.05) is 7.11 Å². The van der Waals surface area contributed by atoms with E-state index in [4.69, 9.17) is 36.3 Å². The van der Waals surface area contributed by atoms with Crippen molar-refractivity contribution >= 4 is 28.3 Å². The lowest BCUT2D eigenvalue weighted by Crippen LogP contribution is -2.21. The first-order valence-electron chi connectivity index (χ1n) is 13.4. The highest BCUT2D eigenvalue weighted by atomic mass is 35.5. The van der Waals surface area contributed by atoms with Crippen molar-refractivity contribution < 1.29 is 23.7 Å². The lowest BCUT2D eigenvalue weighted by Gasteiger charge is -2.27. The number of nitrogens with two attached hydrogens (primary N) is 1. The van der Waals surface area contributed by atoms with E-state index in [1.54, 1.807) is 49.6 Å². The van der Waals surface area contributed by atoms with E-state index in [2.05, 4.69) is 6.07 Å². The maximum Gasteiger partial charge on any atom is 0.344 e. The van der Waals surface area contributed by atoms with Gasteiger partial charge in [-0.25, -0.2) is 4.79 Å². The van der Waals surface area contributed by atoms with Gasteiger partial charge in [-0.1, -0.05) is 72.3 Å². The molecule has 0 amide bonds.